The first-order valence-electron chi connectivity index (χ1n) is 6.17. The van der Waals surface area contributed by atoms with Crippen molar-refractivity contribution in [1.82, 2.24) is 9.55 Å². The molecule has 2 aromatic rings. The molecule has 0 spiro atoms. The van der Waals surface area contributed by atoms with Crippen LogP contribution < -0.4 is 4.74 Å². The van der Waals surface area contributed by atoms with Gasteiger partial charge in [0.15, 0.2) is 0 Å². The van der Waals surface area contributed by atoms with Crippen molar-refractivity contribution >= 4 is 15.9 Å². The Labute approximate surface area is 121 Å². The molecule has 0 aliphatic heterocycles. The van der Waals surface area contributed by atoms with Crippen LogP contribution in [0.5, 0.6) is 5.75 Å². The minimum absolute atomic E-state index is 0.466. The molecule has 0 amide bonds. The molecule has 0 saturated carbocycles. The molecule has 0 saturated heterocycles. The van der Waals surface area contributed by atoms with Crippen LogP contribution in [0.15, 0.2) is 35.1 Å². The molecule has 0 aliphatic rings. The third-order valence-corrected chi connectivity index (χ3v) is 3.56. The van der Waals surface area contributed by atoms with E-state index < -0.39 is 6.10 Å². The lowest BCUT2D eigenvalue weighted by Crippen LogP contribution is -2.09. The van der Waals surface area contributed by atoms with E-state index in [2.05, 4.69) is 27.8 Å². The van der Waals surface area contributed by atoms with E-state index in [-0.39, 0.29) is 0 Å². The maximum Gasteiger partial charge on any atom is 0.124 e. The molecule has 1 atom stereocenters. The molecule has 0 radical (unpaired) electrons. The number of aromatic nitrogens is 2. The predicted molar refractivity (Wildman–Crippen MR) is 77.3 cm³/mol. The summed E-state index contributed by atoms with van der Waals surface area (Å²) in [5.74, 6) is 1.56. The van der Waals surface area contributed by atoms with Gasteiger partial charge in [0.25, 0.3) is 0 Å². The average Bonchev–Trinajstić information content (AvgIpc) is 2.85. The first kappa shape index (κ1) is 14.1. The molecule has 5 heteroatoms. The summed E-state index contributed by atoms with van der Waals surface area (Å²) in [6.45, 7) is 2.90. The van der Waals surface area contributed by atoms with Crippen LogP contribution in [-0.4, -0.2) is 21.8 Å². The van der Waals surface area contributed by atoms with Gasteiger partial charge < -0.3 is 14.4 Å². The molecule has 1 N–H and O–H groups in total. The van der Waals surface area contributed by atoms with Crippen molar-refractivity contribution in [3.8, 4) is 5.75 Å². The maximum absolute atomic E-state index is 10.4. The van der Waals surface area contributed by atoms with E-state index in [9.17, 15) is 5.11 Å². The molecule has 102 valence electrons. The molecule has 0 fully saturated rings. The number of aryl methyl sites for hydroxylation is 1. The Balaban J connectivity index is 2.24. The van der Waals surface area contributed by atoms with Gasteiger partial charge in [0.05, 0.1) is 13.2 Å². The number of hydrogen-bond acceptors (Lipinski definition) is 3. The van der Waals surface area contributed by atoms with Crippen LogP contribution in [0.25, 0.3) is 0 Å². The van der Waals surface area contributed by atoms with E-state index in [0.717, 1.165) is 22.4 Å². The highest BCUT2D eigenvalue weighted by molar-refractivity contribution is 9.10. The molecule has 1 unspecified atom stereocenters. The summed E-state index contributed by atoms with van der Waals surface area (Å²) in [5.41, 5.74) is 0.766. The van der Waals surface area contributed by atoms with Gasteiger partial charge in [-0.05, 0) is 25.1 Å². The molecular weight excluding hydrogens is 308 g/mol. The number of imidazole rings is 1. The summed E-state index contributed by atoms with van der Waals surface area (Å²) < 4.78 is 8.23. The van der Waals surface area contributed by atoms with E-state index in [1.54, 1.807) is 13.3 Å². The van der Waals surface area contributed by atoms with Crippen LogP contribution in [0.4, 0.5) is 0 Å². The fraction of sp³-hybridized carbons (Fsp3) is 0.357. The van der Waals surface area contributed by atoms with Crippen molar-refractivity contribution in [2.24, 2.45) is 0 Å². The largest absolute Gasteiger partial charge is 0.496 e. The second-order valence-corrected chi connectivity index (χ2v) is 5.15. The molecule has 0 aliphatic carbocycles. The second-order valence-electron chi connectivity index (χ2n) is 4.24. The zero-order chi connectivity index (χ0) is 13.8. The van der Waals surface area contributed by atoms with Crippen molar-refractivity contribution < 1.29 is 9.84 Å². The third kappa shape index (κ3) is 3.16. The van der Waals surface area contributed by atoms with Gasteiger partial charge in [-0.15, -0.1) is 0 Å². The number of aliphatic hydroxyl groups excluding tert-OH is 1. The minimum atomic E-state index is -0.639. The predicted octanol–water partition coefficient (Wildman–Crippen LogP) is 2.95. The van der Waals surface area contributed by atoms with Crippen LogP contribution in [0, 0.1) is 0 Å². The van der Waals surface area contributed by atoms with Crippen LogP contribution in [0.2, 0.25) is 0 Å². The van der Waals surface area contributed by atoms with Gasteiger partial charge >= 0.3 is 0 Å². The van der Waals surface area contributed by atoms with Crippen LogP contribution in [0.3, 0.4) is 0 Å². The average molecular weight is 325 g/mol. The topological polar surface area (TPSA) is 47.3 Å². The standard InChI is InChI=1S/C14H17BrN2O2/c1-3-17-7-6-16-14(17)9-12(18)11-8-10(15)4-5-13(11)19-2/h4-8,12,18H,3,9H2,1-2H3. The zero-order valence-electron chi connectivity index (χ0n) is 11.0. The minimum Gasteiger partial charge on any atom is -0.496 e. The number of rotatable bonds is 5. The number of hydrogen-bond donors (Lipinski definition) is 1. The number of benzene rings is 1. The molecule has 19 heavy (non-hydrogen) atoms. The van der Waals surface area contributed by atoms with Crippen molar-refractivity contribution in [1.29, 1.82) is 0 Å². The number of halogens is 1. The fourth-order valence-corrected chi connectivity index (χ4v) is 2.45. The highest BCUT2D eigenvalue weighted by atomic mass is 79.9. The Kier molecular flexibility index (Phi) is 4.61. The molecule has 1 aromatic carbocycles. The van der Waals surface area contributed by atoms with Gasteiger partial charge in [-0.2, -0.15) is 0 Å². The SMILES string of the molecule is CCn1ccnc1CC(O)c1cc(Br)ccc1OC. The van der Waals surface area contributed by atoms with E-state index in [0.29, 0.717) is 12.2 Å². The van der Waals surface area contributed by atoms with Crippen molar-refractivity contribution in [2.75, 3.05) is 7.11 Å². The van der Waals surface area contributed by atoms with E-state index >= 15 is 0 Å². The summed E-state index contributed by atoms with van der Waals surface area (Å²) in [5, 5.41) is 10.4. The summed E-state index contributed by atoms with van der Waals surface area (Å²) in [4.78, 5) is 4.28. The first-order valence-corrected chi connectivity index (χ1v) is 6.96. The van der Waals surface area contributed by atoms with Crippen molar-refractivity contribution in [3.05, 3.63) is 46.5 Å². The third-order valence-electron chi connectivity index (χ3n) is 3.07. The summed E-state index contributed by atoms with van der Waals surface area (Å²) in [6.07, 6.45) is 3.50. The van der Waals surface area contributed by atoms with E-state index in [1.165, 1.54) is 0 Å². The molecule has 1 heterocycles. The smallest absolute Gasteiger partial charge is 0.124 e. The van der Waals surface area contributed by atoms with Crippen molar-refractivity contribution in [3.63, 3.8) is 0 Å². The second kappa shape index (κ2) is 6.21. The Morgan fingerprint density at radius 2 is 2.26 bits per heavy atom. The van der Waals surface area contributed by atoms with E-state index in [1.807, 2.05) is 29.0 Å². The number of ether oxygens (including phenoxy) is 1. The highest BCUT2D eigenvalue weighted by Gasteiger charge is 2.16. The van der Waals surface area contributed by atoms with E-state index in [4.69, 9.17) is 4.74 Å². The van der Waals surface area contributed by atoms with Crippen LogP contribution in [0.1, 0.15) is 24.4 Å². The zero-order valence-corrected chi connectivity index (χ0v) is 12.6. The summed E-state index contributed by atoms with van der Waals surface area (Å²) in [6, 6.07) is 5.61. The van der Waals surface area contributed by atoms with Gasteiger partial charge in [0, 0.05) is 35.4 Å². The quantitative estimate of drug-likeness (QED) is 0.919. The number of methoxy groups -OCH3 is 1. The molecule has 1 aromatic heterocycles. The molecular formula is C14H17BrN2O2. The maximum atomic E-state index is 10.4. The first-order chi connectivity index (χ1) is 9.15. The van der Waals surface area contributed by atoms with Gasteiger partial charge in [0.2, 0.25) is 0 Å². The van der Waals surface area contributed by atoms with Gasteiger partial charge in [-0.1, -0.05) is 15.9 Å². The Morgan fingerprint density at radius 1 is 1.47 bits per heavy atom. The fourth-order valence-electron chi connectivity index (χ4n) is 2.07. The van der Waals surface area contributed by atoms with Crippen LogP contribution >= 0.6 is 15.9 Å². The van der Waals surface area contributed by atoms with Gasteiger partial charge in [-0.3, -0.25) is 0 Å². The van der Waals surface area contributed by atoms with Gasteiger partial charge in [0.1, 0.15) is 11.6 Å². The van der Waals surface area contributed by atoms with Crippen molar-refractivity contribution in [2.45, 2.75) is 26.0 Å². The summed E-state index contributed by atoms with van der Waals surface area (Å²) >= 11 is 3.41. The monoisotopic (exact) mass is 324 g/mol. The molecule has 2 rings (SSSR count). The molecule has 4 nitrogen and oxygen atoms in total. The summed E-state index contributed by atoms with van der Waals surface area (Å²) in [7, 11) is 1.60. The Bertz CT molecular complexity index is 554. The van der Waals surface area contributed by atoms with Gasteiger partial charge in [-0.25, -0.2) is 4.98 Å². The molecule has 0 bridgehead atoms. The highest BCUT2D eigenvalue weighted by Crippen LogP contribution is 2.30. The van der Waals surface area contributed by atoms with Crippen LogP contribution in [-0.2, 0) is 13.0 Å². The Hall–Kier alpha value is -1.33. The Morgan fingerprint density at radius 3 is 2.95 bits per heavy atom. The lowest BCUT2D eigenvalue weighted by Gasteiger charge is -2.15. The number of nitrogens with zero attached hydrogens (tertiary/aromatic N) is 2. The normalized spacial score (nSPS) is 12.4. The number of aliphatic hydroxyl groups is 1. The lowest BCUT2D eigenvalue weighted by atomic mass is 10.1. The lowest BCUT2D eigenvalue weighted by molar-refractivity contribution is 0.170.